The maximum atomic E-state index is 3.72. The van der Waals surface area contributed by atoms with Crippen molar-refractivity contribution in [3.63, 3.8) is 0 Å². The summed E-state index contributed by atoms with van der Waals surface area (Å²) in [6.07, 6.45) is 18.2. The molecule has 0 radical (unpaired) electrons. The molecule has 0 saturated heterocycles. The van der Waals surface area contributed by atoms with Crippen LogP contribution < -0.4 is 32.1 Å². The fraction of sp³-hybridized carbons (Fsp3) is 0.260. The zero-order valence-corrected chi connectivity index (χ0v) is 94.1. The van der Waals surface area contributed by atoms with E-state index in [0.29, 0.717) is 0 Å². The van der Waals surface area contributed by atoms with Crippen LogP contribution in [0.2, 0.25) is 0 Å². The number of nitrogens with zero attached hydrogens (tertiary/aromatic N) is 2. The minimum Gasteiger partial charge on any atom is -1.00 e. The molecule has 3 nitrogen and oxygen atoms in total. The van der Waals surface area contributed by atoms with Gasteiger partial charge in [-0.15, -0.1) is 0 Å². The summed E-state index contributed by atoms with van der Waals surface area (Å²) >= 11 is 14.3. The quantitative estimate of drug-likeness (QED) is 0.0439. The van der Waals surface area contributed by atoms with Gasteiger partial charge in [-0.2, -0.15) is 6.42 Å². The molecule has 0 fully saturated rings. The van der Waals surface area contributed by atoms with Gasteiger partial charge < -0.3 is 39.0 Å². The maximum absolute atomic E-state index is 3.72. The van der Waals surface area contributed by atoms with Gasteiger partial charge in [-0.1, -0.05) is 441 Å². The van der Waals surface area contributed by atoms with E-state index < -0.39 is 0 Å². The van der Waals surface area contributed by atoms with Crippen LogP contribution in [-0.4, -0.2) is 23.1 Å². The van der Waals surface area contributed by atoms with Crippen LogP contribution in [0.5, 0.6) is 0 Å². The van der Waals surface area contributed by atoms with Crippen molar-refractivity contribution < 1.29 is 17.0 Å². The third-order valence-electron chi connectivity index (χ3n) is 28.6. The molecule has 140 heavy (non-hydrogen) atoms. The van der Waals surface area contributed by atoms with Crippen molar-refractivity contribution >= 4 is 132 Å². The first-order valence-electron chi connectivity index (χ1n) is 50.0. The molecule has 0 aromatic heterocycles. The van der Waals surface area contributed by atoms with E-state index in [-0.39, 0.29) is 67.1 Å². The first-order valence-corrected chi connectivity index (χ1v) is 53.2. The summed E-state index contributed by atoms with van der Waals surface area (Å²) in [7, 11) is 0. The van der Waals surface area contributed by atoms with Gasteiger partial charge in [0.15, 0.2) is 0 Å². The molecule has 0 heterocycles. The Kier molecular flexibility index (Phi) is 37.2. The third-order valence-corrected chi connectivity index (χ3v) is 30.6. The van der Waals surface area contributed by atoms with Crippen molar-refractivity contribution in [2.45, 2.75) is 221 Å². The van der Waals surface area contributed by atoms with E-state index in [4.69, 9.17) is 0 Å². The number of aryl methyl sites for hydroxylation is 4. The van der Waals surface area contributed by atoms with Crippen molar-refractivity contribution in [2.75, 3.05) is 15.1 Å². The SMILES string of the molecule is CC1(C)c2ccccc2-c2ccc(Br)cc21.CCCCCCc1ccc2c(c1)C(C)(C)c1cc(Br)ccc1-2.CCCCCCc1ccc2c(c1)C(C)(C)c1ccccc1-2.Cc1ccc2c(c1)C(C)(C)c1cc(N(c3ccc(Br)cc3)c3ccc(Br)cc3)ccc1-2.Cc1ccc2c(c1)C(C)(C)c1cc(N(c3ccccc3)c3ccccc3)ccc1-2.[Br-].[CH2-]CCCCC.[Mg+2].c1ccc(Nc2ccccc2)cc1. The molecular weight excluding hydrogens is 2040 g/mol. The standard InChI is InChI=1S/C28H23Br2N.C28H25N.C21H25Br.C21H26.C15H13Br.C12H11N.C6H13.BrH.Mg/c1-18-4-14-24-25-15-13-23(17-27(25)28(2,3)26(24)16-18)31(21-9-5-19(29)6-10-21)22-11-7-20(30)8-12-22;1-20-14-16-24-25-17-15-23(19-27(25)28(2,3)26(24)18-20)29(21-10-6-4-7-11-21)22-12-8-5-9-13-22;1-4-5-6-7-8-15-9-11-17-18-12-10-16(22)14-20(18)21(2,3)19(17)13-15;1-4-5-6-7-10-16-13-14-18-17-11-8-9-12-19(17)21(2,3)20(18)15-16;1-15(2)13-6-4-3-5-11(13)12-8-7-10(16)9-14(12)15;1-3-7-11(8-4-1)13-12-9-5-2-6-10-12;1-3-5-6-4-2;;/h4-17H,1-3H3;4-19H,1-3H3;9-14H,4-8H2,1-3H3;8-9,11-15H,4-7,10H2,1-3H3;3-9H,1-2H3;1-10,13H;1,3-6H2,2H3;1H;/q;;;;;;-1;;+2/p-1. The van der Waals surface area contributed by atoms with E-state index >= 15 is 0 Å². The second kappa shape index (κ2) is 48.4. The fourth-order valence-corrected chi connectivity index (χ4v) is 22.1. The largest absolute Gasteiger partial charge is 2.00 e. The van der Waals surface area contributed by atoms with Gasteiger partial charge in [0.2, 0.25) is 0 Å². The predicted molar refractivity (Wildman–Crippen MR) is 617 cm³/mol. The summed E-state index contributed by atoms with van der Waals surface area (Å²) in [5.41, 5.74) is 43.4. The van der Waals surface area contributed by atoms with Crippen molar-refractivity contribution in [1.82, 2.24) is 0 Å². The normalized spacial score (nSPS) is 13.4. The number of para-hydroxylation sites is 4. The number of anilines is 8. The number of halogens is 5. The molecule has 21 rings (SSSR count). The molecule has 0 unspecified atom stereocenters. The van der Waals surface area contributed by atoms with Crippen LogP contribution in [0, 0.1) is 20.8 Å². The van der Waals surface area contributed by atoms with Gasteiger partial charge in [0.1, 0.15) is 0 Å². The zero-order chi connectivity index (χ0) is 97.5. The molecule has 0 amide bonds. The number of hydrogen-bond acceptors (Lipinski definition) is 3. The van der Waals surface area contributed by atoms with Crippen molar-refractivity contribution in [3.8, 4) is 55.6 Å². The van der Waals surface area contributed by atoms with Gasteiger partial charge in [-0.3, -0.25) is 0 Å². The van der Waals surface area contributed by atoms with Crippen molar-refractivity contribution in [2.24, 2.45) is 0 Å². The molecule has 5 aliphatic carbocycles. The van der Waals surface area contributed by atoms with E-state index in [1.807, 2.05) is 60.7 Å². The number of unbranched alkanes of at least 4 members (excludes halogenated alkanes) is 9. The summed E-state index contributed by atoms with van der Waals surface area (Å²) in [5.74, 6) is 0. The van der Waals surface area contributed by atoms with E-state index in [1.54, 1.807) is 0 Å². The average Bonchev–Trinajstić information content (AvgIpc) is 1.58. The molecule has 0 spiro atoms. The third kappa shape index (κ3) is 24.4. The summed E-state index contributed by atoms with van der Waals surface area (Å²) in [6.45, 7) is 38.2. The summed E-state index contributed by atoms with van der Waals surface area (Å²) in [6, 6.07) is 131. The second-order valence-electron chi connectivity index (χ2n) is 40.2. The first kappa shape index (κ1) is 107. The molecule has 16 aromatic rings. The van der Waals surface area contributed by atoms with Crippen LogP contribution in [0.4, 0.5) is 45.5 Å². The van der Waals surface area contributed by atoms with Crippen molar-refractivity contribution in [3.05, 3.63) is 467 Å². The number of benzene rings is 16. The molecule has 16 aromatic carbocycles. The van der Waals surface area contributed by atoms with Crippen LogP contribution in [0.25, 0.3) is 55.6 Å². The summed E-state index contributed by atoms with van der Waals surface area (Å²) < 4.78 is 4.49. The minimum atomic E-state index is -0.0300. The summed E-state index contributed by atoms with van der Waals surface area (Å²) in [5, 5.41) is 3.30. The molecule has 1 N–H and O–H groups in total. The molecule has 0 saturated carbocycles. The van der Waals surface area contributed by atoms with Gasteiger partial charge in [-0.25, -0.2) is 0 Å². The molecular formula is C131H136Br5MgN3. The number of hydrogen-bond donors (Lipinski definition) is 1. The Labute approximate surface area is 898 Å². The van der Waals surface area contributed by atoms with Gasteiger partial charge in [0.25, 0.3) is 0 Å². The molecule has 5 aliphatic rings. The zero-order valence-electron chi connectivity index (χ0n) is 84.7. The van der Waals surface area contributed by atoms with E-state index in [1.165, 1.54) is 244 Å². The monoisotopic (exact) mass is 2170 g/mol. The predicted octanol–water partition coefficient (Wildman–Crippen LogP) is 37.3. The van der Waals surface area contributed by atoms with E-state index in [0.717, 1.165) is 42.6 Å². The van der Waals surface area contributed by atoms with Gasteiger partial charge in [0.05, 0.1) is 0 Å². The molecule has 9 heteroatoms. The van der Waals surface area contributed by atoms with Gasteiger partial charge >= 0.3 is 23.1 Å². The maximum Gasteiger partial charge on any atom is 2.00 e. The van der Waals surface area contributed by atoms with Crippen LogP contribution >= 0.6 is 63.7 Å². The Morgan fingerprint density at radius 1 is 0.236 bits per heavy atom. The average molecular weight is 2180 g/mol. The van der Waals surface area contributed by atoms with E-state index in [2.05, 4.69) is 493 Å². The Balaban J connectivity index is 0.000000142. The van der Waals surface area contributed by atoms with Crippen LogP contribution in [0.15, 0.2) is 382 Å². The topological polar surface area (TPSA) is 18.5 Å². The Hall–Kier alpha value is -9.91. The summed E-state index contributed by atoms with van der Waals surface area (Å²) in [4.78, 5) is 4.66. The molecule has 712 valence electrons. The molecule has 0 aliphatic heterocycles. The number of rotatable bonds is 21. The van der Waals surface area contributed by atoms with Crippen LogP contribution in [0.1, 0.15) is 245 Å². The van der Waals surface area contributed by atoms with Gasteiger partial charge in [0, 0.05) is 90.5 Å². The smallest absolute Gasteiger partial charge is 1.00 e. The van der Waals surface area contributed by atoms with Crippen LogP contribution in [0.3, 0.4) is 0 Å². The Morgan fingerprint density at radius 3 is 0.821 bits per heavy atom. The molecule has 0 bridgehead atoms. The second-order valence-corrected chi connectivity index (χ2v) is 43.9. The van der Waals surface area contributed by atoms with Crippen molar-refractivity contribution in [1.29, 1.82) is 0 Å². The number of fused-ring (bicyclic) bond motifs is 15. The van der Waals surface area contributed by atoms with Crippen LogP contribution in [-0.2, 0) is 39.9 Å². The van der Waals surface area contributed by atoms with E-state index in [9.17, 15) is 0 Å². The minimum absolute atomic E-state index is 0. The fourth-order valence-electron chi connectivity index (χ4n) is 20.8. The number of nitrogens with one attached hydrogen (secondary N) is 1. The Bertz CT molecular complexity index is 6690. The first-order chi connectivity index (χ1) is 66.5. The van der Waals surface area contributed by atoms with Gasteiger partial charge in [-0.05, 0) is 308 Å². The Morgan fingerprint density at radius 2 is 0.486 bits per heavy atom. The molecule has 0 atom stereocenters.